The normalized spacial score (nSPS) is 32.8. The Bertz CT molecular complexity index is 278. The zero-order valence-corrected chi connectivity index (χ0v) is 10.0. The Morgan fingerprint density at radius 2 is 1.81 bits per heavy atom. The fourth-order valence-electron chi connectivity index (χ4n) is 3.51. The van der Waals surface area contributed by atoms with E-state index in [2.05, 4.69) is 10.2 Å². The van der Waals surface area contributed by atoms with Crippen LogP contribution in [0.1, 0.15) is 38.5 Å². The maximum absolute atomic E-state index is 12.3. The van der Waals surface area contributed by atoms with Crippen LogP contribution in [0, 0.1) is 11.3 Å². The average Bonchev–Trinajstić information content (AvgIpc) is 3.04. The quantitative estimate of drug-likeness (QED) is 0.727. The third kappa shape index (κ3) is 1.75. The van der Waals surface area contributed by atoms with Crippen molar-refractivity contribution in [3.8, 4) is 0 Å². The number of rotatable bonds is 1. The Hall–Kier alpha value is -0.570. The van der Waals surface area contributed by atoms with Gasteiger partial charge >= 0.3 is 0 Å². The lowest BCUT2D eigenvalue weighted by Crippen LogP contribution is -2.39. The highest BCUT2D eigenvalue weighted by molar-refractivity contribution is 5.82. The molecule has 0 bridgehead atoms. The zero-order chi connectivity index (χ0) is 11.0. The highest BCUT2D eigenvalue weighted by Gasteiger charge is 2.58. The summed E-state index contributed by atoms with van der Waals surface area (Å²) in [4.78, 5) is 14.5. The van der Waals surface area contributed by atoms with Crippen LogP contribution in [0.2, 0.25) is 0 Å². The van der Waals surface area contributed by atoms with E-state index in [1.165, 1.54) is 38.5 Å². The third-order valence-electron chi connectivity index (χ3n) is 4.75. The molecule has 3 aliphatic rings. The summed E-state index contributed by atoms with van der Waals surface area (Å²) in [5.74, 6) is 0.856. The summed E-state index contributed by atoms with van der Waals surface area (Å²) in [6.45, 7) is 4.26. The molecule has 0 aromatic rings. The van der Waals surface area contributed by atoms with Gasteiger partial charge < -0.3 is 10.2 Å². The van der Waals surface area contributed by atoms with Gasteiger partial charge in [0.05, 0.1) is 0 Å². The molecule has 1 atom stereocenters. The molecule has 1 N–H and O–H groups in total. The maximum atomic E-state index is 12.3. The molecule has 3 rings (SSSR count). The maximum Gasteiger partial charge on any atom is 0.226 e. The summed E-state index contributed by atoms with van der Waals surface area (Å²) in [5, 5.41) is 3.39. The molecule has 1 saturated carbocycles. The molecule has 1 spiro atoms. The van der Waals surface area contributed by atoms with Crippen LogP contribution >= 0.6 is 0 Å². The van der Waals surface area contributed by atoms with Gasteiger partial charge in [0.2, 0.25) is 5.91 Å². The van der Waals surface area contributed by atoms with Gasteiger partial charge in [0.1, 0.15) is 0 Å². The first kappa shape index (κ1) is 10.6. The molecule has 2 saturated heterocycles. The van der Waals surface area contributed by atoms with Crippen LogP contribution in [0.4, 0.5) is 0 Å². The topological polar surface area (TPSA) is 32.3 Å². The van der Waals surface area contributed by atoms with Crippen LogP contribution in [0.25, 0.3) is 0 Å². The van der Waals surface area contributed by atoms with Gasteiger partial charge in [0.25, 0.3) is 0 Å². The minimum atomic E-state index is 0.382. The molecule has 0 radical (unpaired) electrons. The van der Waals surface area contributed by atoms with E-state index in [9.17, 15) is 4.79 Å². The number of hydrogen-bond donors (Lipinski definition) is 1. The highest BCUT2D eigenvalue weighted by atomic mass is 16.2. The van der Waals surface area contributed by atoms with Gasteiger partial charge in [0, 0.05) is 19.0 Å². The number of carbonyl (C=O) groups is 1. The lowest BCUT2D eigenvalue weighted by molar-refractivity contribution is -0.134. The molecular formula is C13H22N2O. The van der Waals surface area contributed by atoms with Crippen molar-refractivity contribution < 1.29 is 4.79 Å². The lowest BCUT2D eigenvalue weighted by Gasteiger charge is -2.29. The smallest absolute Gasteiger partial charge is 0.226 e. The molecule has 3 fully saturated rings. The number of nitrogens with zero attached hydrogens (tertiary/aromatic N) is 1. The predicted octanol–water partition coefficient (Wildman–Crippen LogP) is 1.39. The minimum Gasteiger partial charge on any atom is -0.342 e. The first-order valence-corrected chi connectivity index (χ1v) is 6.81. The molecule has 90 valence electrons. The van der Waals surface area contributed by atoms with Crippen molar-refractivity contribution in [2.75, 3.05) is 26.2 Å². The summed E-state index contributed by atoms with van der Waals surface area (Å²) in [7, 11) is 0. The van der Waals surface area contributed by atoms with Crippen LogP contribution in [0.3, 0.4) is 0 Å². The van der Waals surface area contributed by atoms with Gasteiger partial charge in [-0.1, -0.05) is 0 Å². The summed E-state index contributed by atoms with van der Waals surface area (Å²) < 4.78 is 0. The summed E-state index contributed by atoms with van der Waals surface area (Å²) in [6, 6.07) is 0. The van der Waals surface area contributed by atoms with Gasteiger partial charge in [-0.3, -0.25) is 4.79 Å². The molecular weight excluding hydrogens is 200 g/mol. The monoisotopic (exact) mass is 222 g/mol. The van der Waals surface area contributed by atoms with Gasteiger partial charge in [-0.2, -0.15) is 0 Å². The van der Waals surface area contributed by atoms with Crippen LogP contribution in [0.5, 0.6) is 0 Å². The fourth-order valence-corrected chi connectivity index (χ4v) is 3.51. The van der Waals surface area contributed by atoms with Crippen LogP contribution in [0.15, 0.2) is 0 Å². The van der Waals surface area contributed by atoms with Crippen molar-refractivity contribution in [1.29, 1.82) is 0 Å². The molecule has 1 amide bonds. The van der Waals surface area contributed by atoms with Crippen LogP contribution in [-0.4, -0.2) is 37.0 Å². The van der Waals surface area contributed by atoms with E-state index >= 15 is 0 Å². The van der Waals surface area contributed by atoms with E-state index in [1.54, 1.807) is 0 Å². The largest absolute Gasteiger partial charge is 0.342 e. The van der Waals surface area contributed by atoms with E-state index in [0.717, 1.165) is 26.2 Å². The number of amides is 1. The number of likely N-dealkylation sites (tertiary alicyclic amines) is 1. The van der Waals surface area contributed by atoms with Gasteiger partial charge in [-0.25, -0.2) is 0 Å². The van der Waals surface area contributed by atoms with Crippen molar-refractivity contribution in [3.05, 3.63) is 0 Å². The second-order valence-corrected chi connectivity index (χ2v) is 5.76. The first-order chi connectivity index (χ1) is 7.82. The van der Waals surface area contributed by atoms with Crippen molar-refractivity contribution in [2.45, 2.75) is 38.5 Å². The fraction of sp³-hybridized carbons (Fsp3) is 0.923. The second kappa shape index (κ2) is 4.02. The van der Waals surface area contributed by atoms with Crippen molar-refractivity contribution in [1.82, 2.24) is 10.2 Å². The van der Waals surface area contributed by atoms with E-state index in [4.69, 9.17) is 0 Å². The number of carbonyl (C=O) groups excluding carboxylic acids is 1. The van der Waals surface area contributed by atoms with Crippen molar-refractivity contribution in [2.24, 2.45) is 11.3 Å². The standard InChI is InChI=1S/C13H22N2O/c16-12(15-8-2-1-3-9-15)11-10-13(11)4-6-14-7-5-13/h11,14H,1-10H2/t11-/m0/s1. The minimum absolute atomic E-state index is 0.382. The third-order valence-corrected chi connectivity index (χ3v) is 4.75. The molecule has 0 unspecified atom stereocenters. The predicted molar refractivity (Wildman–Crippen MR) is 63.1 cm³/mol. The Labute approximate surface area is 97.6 Å². The highest BCUT2D eigenvalue weighted by Crippen LogP contribution is 2.59. The van der Waals surface area contributed by atoms with Gasteiger partial charge in [-0.15, -0.1) is 0 Å². The number of nitrogens with one attached hydrogen (secondary N) is 1. The summed E-state index contributed by atoms with van der Waals surface area (Å²) >= 11 is 0. The number of piperidine rings is 2. The Kier molecular flexibility index (Phi) is 2.66. The SMILES string of the molecule is O=C([C@@H]1CC12CCNCC2)N1CCCCC1. The first-order valence-electron chi connectivity index (χ1n) is 6.81. The molecule has 0 aromatic heterocycles. The lowest BCUT2D eigenvalue weighted by atomic mass is 9.91. The molecule has 2 aliphatic heterocycles. The molecule has 3 heteroatoms. The Morgan fingerprint density at radius 3 is 2.50 bits per heavy atom. The summed E-state index contributed by atoms with van der Waals surface area (Å²) in [5.41, 5.74) is 0.416. The molecule has 2 heterocycles. The van der Waals surface area contributed by atoms with E-state index < -0.39 is 0 Å². The molecule has 0 aromatic carbocycles. The zero-order valence-electron chi connectivity index (χ0n) is 10.0. The summed E-state index contributed by atoms with van der Waals surface area (Å²) in [6.07, 6.45) is 7.35. The van der Waals surface area contributed by atoms with Crippen LogP contribution in [-0.2, 0) is 4.79 Å². The molecule has 16 heavy (non-hydrogen) atoms. The van der Waals surface area contributed by atoms with Crippen molar-refractivity contribution >= 4 is 5.91 Å². The van der Waals surface area contributed by atoms with Gasteiger partial charge in [-0.05, 0) is 57.0 Å². The van der Waals surface area contributed by atoms with E-state index in [1.807, 2.05) is 0 Å². The van der Waals surface area contributed by atoms with Crippen LogP contribution < -0.4 is 5.32 Å². The number of hydrogen-bond acceptors (Lipinski definition) is 2. The Morgan fingerprint density at radius 1 is 1.12 bits per heavy atom. The van der Waals surface area contributed by atoms with Gasteiger partial charge in [0.15, 0.2) is 0 Å². The molecule has 1 aliphatic carbocycles. The van der Waals surface area contributed by atoms with E-state index in [-0.39, 0.29) is 0 Å². The average molecular weight is 222 g/mol. The second-order valence-electron chi connectivity index (χ2n) is 5.76. The Balaban J connectivity index is 1.60. The van der Waals surface area contributed by atoms with Crippen molar-refractivity contribution in [3.63, 3.8) is 0 Å². The van der Waals surface area contributed by atoms with E-state index in [0.29, 0.717) is 17.2 Å². The molecule has 3 nitrogen and oxygen atoms in total.